The predicted molar refractivity (Wildman–Crippen MR) is 62.0 cm³/mol. The molecule has 1 aromatic rings. The van der Waals surface area contributed by atoms with Crippen LogP contribution in [0.25, 0.3) is 0 Å². The second kappa shape index (κ2) is 5.54. The smallest absolute Gasteiger partial charge is 0.160 e. The van der Waals surface area contributed by atoms with Gasteiger partial charge in [0.25, 0.3) is 0 Å². The quantitative estimate of drug-likeness (QED) is 0.733. The van der Waals surface area contributed by atoms with Crippen LogP contribution >= 0.6 is 11.8 Å². The fraction of sp³-hybridized carbons (Fsp3) is 0.500. The van der Waals surface area contributed by atoms with Crippen LogP contribution in [0.15, 0.2) is 35.2 Å². The fourth-order valence-corrected chi connectivity index (χ4v) is 2.83. The summed E-state index contributed by atoms with van der Waals surface area (Å²) in [5.74, 6) is 1.60. The summed E-state index contributed by atoms with van der Waals surface area (Å²) in [5, 5.41) is 0. The fourth-order valence-electron chi connectivity index (χ4n) is 1.75. The highest BCUT2D eigenvalue weighted by Gasteiger charge is 2.27. The lowest BCUT2D eigenvalue weighted by Crippen LogP contribution is -2.19. The highest BCUT2D eigenvalue weighted by Crippen LogP contribution is 2.28. The van der Waals surface area contributed by atoms with Crippen molar-refractivity contribution in [1.82, 2.24) is 0 Å². The van der Waals surface area contributed by atoms with Crippen molar-refractivity contribution in [2.75, 3.05) is 19.5 Å². The zero-order valence-electron chi connectivity index (χ0n) is 8.89. The number of ether oxygens (including phenoxy) is 2. The zero-order chi connectivity index (χ0) is 10.5. The van der Waals surface area contributed by atoms with Crippen LogP contribution in [0.2, 0.25) is 0 Å². The summed E-state index contributed by atoms with van der Waals surface area (Å²) < 4.78 is 10.7. The molecule has 1 aromatic carbocycles. The Labute approximate surface area is 95.0 Å². The maximum Gasteiger partial charge on any atom is 0.160 e. The first kappa shape index (κ1) is 11.0. The summed E-state index contributed by atoms with van der Waals surface area (Å²) in [7, 11) is 1.72. The van der Waals surface area contributed by atoms with Crippen molar-refractivity contribution in [3.63, 3.8) is 0 Å². The number of methoxy groups -OCH3 is 1. The van der Waals surface area contributed by atoms with Gasteiger partial charge in [0.15, 0.2) is 6.29 Å². The van der Waals surface area contributed by atoms with Gasteiger partial charge in [-0.2, -0.15) is 0 Å². The van der Waals surface area contributed by atoms with Crippen LogP contribution in [0, 0.1) is 5.92 Å². The second-order valence-electron chi connectivity index (χ2n) is 3.65. The first-order valence-corrected chi connectivity index (χ1v) is 6.21. The van der Waals surface area contributed by atoms with Gasteiger partial charge in [0.2, 0.25) is 0 Å². The third kappa shape index (κ3) is 2.97. The molecule has 0 spiro atoms. The molecule has 0 saturated carbocycles. The summed E-state index contributed by atoms with van der Waals surface area (Å²) in [6, 6.07) is 10.5. The lowest BCUT2D eigenvalue weighted by Gasteiger charge is -2.15. The van der Waals surface area contributed by atoms with Crippen molar-refractivity contribution in [2.45, 2.75) is 17.6 Å². The Morgan fingerprint density at radius 2 is 2.20 bits per heavy atom. The van der Waals surface area contributed by atoms with E-state index >= 15 is 0 Å². The molecule has 82 valence electrons. The summed E-state index contributed by atoms with van der Waals surface area (Å²) in [6.45, 7) is 0.832. The van der Waals surface area contributed by atoms with Gasteiger partial charge >= 0.3 is 0 Å². The maximum atomic E-state index is 5.47. The van der Waals surface area contributed by atoms with Gasteiger partial charge in [0.05, 0.1) is 6.61 Å². The molecule has 0 radical (unpaired) electrons. The first-order chi connectivity index (χ1) is 7.40. The topological polar surface area (TPSA) is 18.5 Å². The van der Waals surface area contributed by atoms with Gasteiger partial charge < -0.3 is 9.47 Å². The van der Waals surface area contributed by atoms with Gasteiger partial charge in [0.1, 0.15) is 0 Å². The van der Waals surface area contributed by atoms with E-state index in [4.69, 9.17) is 9.47 Å². The molecule has 0 amide bonds. The van der Waals surface area contributed by atoms with Gasteiger partial charge in [-0.3, -0.25) is 0 Å². The Hall–Kier alpha value is -0.510. The van der Waals surface area contributed by atoms with Crippen molar-refractivity contribution in [3.05, 3.63) is 30.3 Å². The number of benzene rings is 1. The number of thioether (sulfide) groups is 1. The van der Waals surface area contributed by atoms with Crippen LogP contribution in [-0.2, 0) is 9.47 Å². The molecular weight excluding hydrogens is 208 g/mol. The van der Waals surface area contributed by atoms with Crippen molar-refractivity contribution >= 4 is 11.8 Å². The van der Waals surface area contributed by atoms with Gasteiger partial charge in [-0.25, -0.2) is 0 Å². The molecule has 1 saturated heterocycles. The summed E-state index contributed by atoms with van der Waals surface area (Å²) in [5.41, 5.74) is 0. The minimum atomic E-state index is 0.00112. The Morgan fingerprint density at radius 3 is 2.93 bits per heavy atom. The minimum Gasteiger partial charge on any atom is -0.356 e. The molecule has 0 unspecified atom stereocenters. The van der Waals surface area contributed by atoms with Gasteiger partial charge in [-0.1, -0.05) is 18.2 Å². The van der Waals surface area contributed by atoms with Crippen molar-refractivity contribution in [1.29, 1.82) is 0 Å². The summed E-state index contributed by atoms with van der Waals surface area (Å²) in [6.07, 6.45) is 1.11. The van der Waals surface area contributed by atoms with E-state index in [9.17, 15) is 0 Å². The van der Waals surface area contributed by atoms with Crippen molar-refractivity contribution < 1.29 is 9.47 Å². The summed E-state index contributed by atoms with van der Waals surface area (Å²) >= 11 is 1.88. The molecule has 0 N–H and O–H groups in total. The van der Waals surface area contributed by atoms with Crippen LogP contribution in [0.4, 0.5) is 0 Å². The SMILES string of the molecule is CO[C@@H]1OCC[C@H]1CSc1ccccc1. The van der Waals surface area contributed by atoms with E-state index in [0.717, 1.165) is 18.8 Å². The number of hydrogen-bond acceptors (Lipinski definition) is 3. The van der Waals surface area contributed by atoms with Crippen molar-refractivity contribution in [2.24, 2.45) is 5.92 Å². The van der Waals surface area contributed by atoms with Gasteiger partial charge in [-0.15, -0.1) is 11.8 Å². The van der Waals surface area contributed by atoms with Gasteiger partial charge in [-0.05, 0) is 18.6 Å². The Kier molecular flexibility index (Phi) is 4.06. The first-order valence-electron chi connectivity index (χ1n) is 5.22. The Bertz CT molecular complexity index is 289. The molecule has 0 aromatic heterocycles. The number of hydrogen-bond donors (Lipinski definition) is 0. The molecule has 2 rings (SSSR count). The van der Waals surface area contributed by atoms with E-state index in [1.165, 1.54) is 4.90 Å². The molecule has 0 aliphatic carbocycles. The Balaban J connectivity index is 1.83. The highest BCUT2D eigenvalue weighted by atomic mass is 32.2. The van der Waals surface area contributed by atoms with Crippen LogP contribution in [-0.4, -0.2) is 25.8 Å². The molecule has 0 bridgehead atoms. The normalized spacial score (nSPS) is 25.7. The standard InChI is InChI=1S/C12H16O2S/c1-13-12-10(7-8-14-12)9-15-11-5-3-2-4-6-11/h2-6,10,12H,7-9H2,1H3/t10-,12+/m0/s1. The van der Waals surface area contributed by atoms with Crippen LogP contribution < -0.4 is 0 Å². The molecule has 3 heteroatoms. The molecule has 2 atom stereocenters. The van der Waals surface area contributed by atoms with E-state index in [1.54, 1.807) is 7.11 Å². The molecule has 1 heterocycles. The molecular formula is C12H16O2S. The van der Waals surface area contributed by atoms with Crippen LogP contribution in [0.1, 0.15) is 6.42 Å². The molecule has 1 aliphatic rings. The van der Waals surface area contributed by atoms with Crippen molar-refractivity contribution in [3.8, 4) is 0 Å². The van der Waals surface area contributed by atoms with Crippen LogP contribution in [0.5, 0.6) is 0 Å². The van der Waals surface area contributed by atoms with E-state index in [0.29, 0.717) is 5.92 Å². The zero-order valence-corrected chi connectivity index (χ0v) is 9.70. The van der Waals surface area contributed by atoms with Gasteiger partial charge in [0, 0.05) is 23.7 Å². The third-order valence-electron chi connectivity index (χ3n) is 2.60. The monoisotopic (exact) mass is 224 g/mol. The van der Waals surface area contributed by atoms with Crippen LogP contribution in [0.3, 0.4) is 0 Å². The Morgan fingerprint density at radius 1 is 1.40 bits per heavy atom. The molecule has 1 aliphatic heterocycles. The largest absolute Gasteiger partial charge is 0.356 e. The third-order valence-corrected chi connectivity index (χ3v) is 3.80. The average Bonchev–Trinajstić information content (AvgIpc) is 2.75. The van der Waals surface area contributed by atoms with E-state index < -0.39 is 0 Å². The highest BCUT2D eigenvalue weighted by molar-refractivity contribution is 7.99. The maximum absolute atomic E-state index is 5.47. The molecule has 2 nitrogen and oxygen atoms in total. The summed E-state index contributed by atoms with van der Waals surface area (Å²) in [4.78, 5) is 1.32. The number of rotatable bonds is 4. The second-order valence-corrected chi connectivity index (χ2v) is 4.74. The van der Waals surface area contributed by atoms with E-state index in [-0.39, 0.29) is 6.29 Å². The van der Waals surface area contributed by atoms with E-state index in [1.807, 2.05) is 17.8 Å². The molecule has 1 fully saturated rings. The average molecular weight is 224 g/mol. The molecule has 15 heavy (non-hydrogen) atoms. The van der Waals surface area contributed by atoms with E-state index in [2.05, 4.69) is 24.3 Å². The predicted octanol–water partition coefficient (Wildman–Crippen LogP) is 2.79. The lowest BCUT2D eigenvalue weighted by molar-refractivity contribution is -0.106. The minimum absolute atomic E-state index is 0.00112. The lowest BCUT2D eigenvalue weighted by atomic mass is 10.1.